The SMILES string of the molecule is COc1ccc(C(=O)NCC2OC(CC(=O)N3CCN(c4ccccn4)CC3)C(O)C2O)cc1. The van der Waals surface area contributed by atoms with Gasteiger partial charge in [-0.15, -0.1) is 0 Å². The first-order valence-electron chi connectivity index (χ1n) is 11.3. The van der Waals surface area contributed by atoms with Crippen LogP contribution in [0.2, 0.25) is 0 Å². The van der Waals surface area contributed by atoms with Gasteiger partial charge in [0.1, 0.15) is 29.9 Å². The predicted molar refractivity (Wildman–Crippen MR) is 124 cm³/mol. The second-order valence-corrected chi connectivity index (χ2v) is 8.39. The standard InChI is InChI=1S/C24H30N4O6/c1-33-17-7-5-16(6-8-17)24(32)26-15-19-23(31)22(30)18(34-19)14-21(29)28-12-10-27(11-13-28)20-4-2-3-9-25-20/h2-9,18-19,22-23,30-31H,10-15H2,1H3,(H,26,32). The number of piperazine rings is 1. The number of carbonyl (C=O) groups excluding carboxylic acids is 2. The van der Waals surface area contributed by atoms with Crippen molar-refractivity contribution in [2.45, 2.75) is 30.8 Å². The lowest BCUT2D eigenvalue weighted by Crippen LogP contribution is -2.50. The fourth-order valence-electron chi connectivity index (χ4n) is 4.23. The Bertz CT molecular complexity index is 965. The molecular weight excluding hydrogens is 440 g/mol. The largest absolute Gasteiger partial charge is 0.497 e. The normalized spacial score (nSPS) is 24.7. The highest BCUT2D eigenvalue weighted by Crippen LogP contribution is 2.25. The predicted octanol–water partition coefficient (Wildman–Crippen LogP) is 0.0481. The summed E-state index contributed by atoms with van der Waals surface area (Å²) in [6.45, 7) is 2.43. The van der Waals surface area contributed by atoms with Crippen LogP contribution >= 0.6 is 0 Å². The van der Waals surface area contributed by atoms with Crippen LogP contribution in [0.3, 0.4) is 0 Å². The molecule has 4 rings (SSSR count). The number of hydrogen-bond donors (Lipinski definition) is 3. The van der Waals surface area contributed by atoms with Gasteiger partial charge in [-0.05, 0) is 36.4 Å². The number of ether oxygens (including phenoxy) is 2. The molecule has 2 saturated heterocycles. The summed E-state index contributed by atoms with van der Waals surface area (Å²) < 4.78 is 10.8. The molecule has 34 heavy (non-hydrogen) atoms. The average Bonchev–Trinajstić information content (AvgIpc) is 3.15. The number of benzene rings is 1. The molecule has 0 spiro atoms. The molecule has 0 saturated carbocycles. The molecule has 10 nitrogen and oxygen atoms in total. The summed E-state index contributed by atoms with van der Waals surface area (Å²) in [5, 5.41) is 23.5. The molecule has 3 N–H and O–H groups in total. The summed E-state index contributed by atoms with van der Waals surface area (Å²) in [7, 11) is 1.54. The highest BCUT2D eigenvalue weighted by molar-refractivity contribution is 5.94. The molecule has 2 aromatic rings. The van der Waals surface area contributed by atoms with Crippen LogP contribution in [0.5, 0.6) is 5.75 Å². The summed E-state index contributed by atoms with van der Waals surface area (Å²) in [5.74, 6) is 1.05. The van der Waals surface area contributed by atoms with Gasteiger partial charge in [0.05, 0.1) is 19.6 Å². The van der Waals surface area contributed by atoms with Crippen molar-refractivity contribution in [1.29, 1.82) is 0 Å². The van der Waals surface area contributed by atoms with Gasteiger partial charge in [-0.2, -0.15) is 0 Å². The van der Waals surface area contributed by atoms with E-state index < -0.39 is 24.4 Å². The van der Waals surface area contributed by atoms with E-state index in [0.717, 1.165) is 5.82 Å². The van der Waals surface area contributed by atoms with Gasteiger partial charge in [0.25, 0.3) is 5.91 Å². The summed E-state index contributed by atoms with van der Waals surface area (Å²) in [5.41, 5.74) is 0.436. The Labute approximate surface area is 198 Å². The van der Waals surface area contributed by atoms with E-state index in [1.165, 1.54) is 0 Å². The molecule has 1 aromatic heterocycles. The van der Waals surface area contributed by atoms with E-state index in [0.29, 0.717) is 37.5 Å². The lowest BCUT2D eigenvalue weighted by molar-refractivity contribution is -0.135. The van der Waals surface area contributed by atoms with E-state index >= 15 is 0 Å². The Morgan fingerprint density at radius 2 is 1.76 bits per heavy atom. The van der Waals surface area contributed by atoms with Crippen LogP contribution in [0.15, 0.2) is 48.7 Å². The van der Waals surface area contributed by atoms with Crippen molar-refractivity contribution >= 4 is 17.6 Å². The fraction of sp³-hybridized carbons (Fsp3) is 0.458. The van der Waals surface area contributed by atoms with E-state index in [9.17, 15) is 19.8 Å². The van der Waals surface area contributed by atoms with Crippen LogP contribution in [-0.2, 0) is 9.53 Å². The maximum Gasteiger partial charge on any atom is 0.251 e. The number of carbonyl (C=O) groups is 2. The lowest BCUT2D eigenvalue weighted by Gasteiger charge is -2.36. The van der Waals surface area contributed by atoms with Crippen molar-refractivity contribution in [3.63, 3.8) is 0 Å². The molecule has 2 aliphatic heterocycles. The molecule has 0 aliphatic carbocycles. The van der Waals surface area contributed by atoms with Crippen LogP contribution < -0.4 is 15.0 Å². The molecule has 2 fully saturated rings. The molecule has 10 heteroatoms. The van der Waals surface area contributed by atoms with E-state index in [1.54, 1.807) is 42.5 Å². The third-order valence-corrected chi connectivity index (χ3v) is 6.26. The minimum atomic E-state index is -1.21. The molecule has 1 aromatic carbocycles. The van der Waals surface area contributed by atoms with E-state index in [1.807, 2.05) is 18.2 Å². The summed E-state index contributed by atoms with van der Waals surface area (Å²) >= 11 is 0. The van der Waals surface area contributed by atoms with Crippen molar-refractivity contribution in [3.8, 4) is 5.75 Å². The third kappa shape index (κ3) is 5.46. The zero-order valence-electron chi connectivity index (χ0n) is 19.0. The zero-order chi connectivity index (χ0) is 24.1. The number of methoxy groups -OCH3 is 1. The first kappa shape index (κ1) is 23.9. The molecule has 4 atom stereocenters. The van der Waals surface area contributed by atoms with Gasteiger partial charge in [-0.3, -0.25) is 9.59 Å². The molecule has 0 radical (unpaired) electrons. The number of hydrogen-bond acceptors (Lipinski definition) is 8. The van der Waals surface area contributed by atoms with Crippen molar-refractivity contribution in [2.75, 3.05) is 44.7 Å². The topological polar surface area (TPSA) is 124 Å². The van der Waals surface area contributed by atoms with Crippen LogP contribution in [0, 0.1) is 0 Å². The smallest absolute Gasteiger partial charge is 0.251 e. The van der Waals surface area contributed by atoms with Crippen LogP contribution in [0.25, 0.3) is 0 Å². The van der Waals surface area contributed by atoms with E-state index in [4.69, 9.17) is 9.47 Å². The van der Waals surface area contributed by atoms with E-state index in [2.05, 4.69) is 15.2 Å². The third-order valence-electron chi connectivity index (χ3n) is 6.26. The molecule has 4 unspecified atom stereocenters. The Morgan fingerprint density at radius 1 is 1.06 bits per heavy atom. The van der Waals surface area contributed by atoms with Crippen molar-refractivity contribution in [2.24, 2.45) is 0 Å². The number of nitrogens with one attached hydrogen (secondary N) is 1. The van der Waals surface area contributed by atoms with Gasteiger partial charge < -0.3 is 34.8 Å². The number of aromatic nitrogens is 1. The maximum absolute atomic E-state index is 12.8. The zero-order valence-corrected chi connectivity index (χ0v) is 19.0. The molecule has 3 heterocycles. The number of aliphatic hydroxyl groups is 2. The average molecular weight is 471 g/mol. The fourth-order valence-corrected chi connectivity index (χ4v) is 4.23. The molecule has 2 aliphatic rings. The van der Waals surface area contributed by atoms with Crippen molar-refractivity contribution in [1.82, 2.24) is 15.2 Å². The molecule has 2 amide bonds. The van der Waals surface area contributed by atoms with Gasteiger partial charge in [-0.1, -0.05) is 6.07 Å². The first-order valence-corrected chi connectivity index (χ1v) is 11.3. The number of amides is 2. The van der Waals surface area contributed by atoms with Gasteiger partial charge >= 0.3 is 0 Å². The van der Waals surface area contributed by atoms with Gasteiger partial charge in [0, 0.05) is 44.5 Å². The highest BCUT2D eigenvalue weighted by atomic mass is 16.5. The number of aliphatic hydroxyl groups excluding tert-OH is 2. The van der Waals surface area contributed by atoms with Crippen LogP contribution in [0.1, 0.15) is 16.8 Å². The Hall–Kier alpha value is -3.21. The van der Waals surface area contributed by atoms with Gasteiger partial charge in [-0.25, -0.2) is 4.98 Å². The highest BCUT2D eigenvalue weighted by Gasteiger charge is 2.44. The molecule has 182 valence electrons. The van der Waals surface area contributed by atoms with Gasteiger partial charge in [0.15, 0.2) is 0 Å². The Kier molecular flexibility index (Phi) is 7.61. The monoisotopic (exact) mass is 470 g/mol. The second kappa shape index (κ2) is 10.8. The quantitative estimate of drug-likeness (QED) is 0.519. The minimum absolute atomic E-state index is 0.0104. The summed E-state index contributed by atoms with van der Waals surface area (Å²) in [6.07, 6.45) is -2.34. The Morgan fingerprint density at radius 3 is 2.41 bits per heavy atom. The van der Waals surface area contributed by atoms with Crippen molar-refractivity contribution in [3.05, 3.63) is 54.2 Å². The van der Waals surface area contributed by atoms with Gasteiger partial charge in [0.2, 0.25) is 5.91 Å². The first-order chi connectivity index (χ1) is 16.5. The molecule has 0 bridgehead atoms. The summed E-state index contributed by atoms with van der Waals surface area (Å²) in [6, 6.07) is 12.3. The summed E-state index contributed by atoms with van der Waals surface area (Å²) in [4.78, 5) is 33.4. The number of pyridine rings is 1. The maximum atomic E-state index is 12.8. The molecular formula is C24H30N4O6. The van der Waals surface area contributed by atoms with Crippen LogP contribution in [-0.4, -0.2) is 96.2 Å². The van der Waals surface area contributed by atoms with Crippen molar-refractivity contribution < 1.29 is 29.3 Å². The number of anilines is 1. The number of rotatable bonds is 7. The lowest BCUT2D eigenvalue weighted by atomic mass is 10.0. The Balaban J connectivity index is 1.25. The second-order valence-electron chi connectivity index (χ2n) is 8.39. The minimum Gasteiger partial charge on any atom is -0.497 e. The number of nitrogens with zero attached hydrogens (tertiary/aromatic N) is 3. The van der Waals surface area contributed by atoms with E-state index in [-0.39, 0.29) is 24.8 Å². The van der Waals surface area contributed by atoms with Crippen LogP contribution in [0.4, 0.5) is 5.82 Å².